The fourth-order valence-corrected chi connectivity index (χ4v) is 3.83. The predicted octanol–water partition coefficient (Wildman–Crippen LogP) is 3.78. The number of thiazole rings is 1. The van der Waals surface area contributed by atoms with Crippen molar-refractivity contribution in [2.24, 2.45) is 0 Å². The van der Waals surface area contributed by atoms with Crippen LogP contribution in [0.15, 0.2) is 36.0 Å². The molecule has 0 spiro atoms. The van der Waals surface area contributed by atoms with E-state index < -0.39 is 0 Å². The van der Waals surface area contributed by atoms with Crippen molar-refractivity contribution in [1.82, 2.24) is 19.9 Å². The minimum absolute atomic E-state index is 0.824. The van der Waals surface area contributed by atoms with E-state index in [2.05, 4.69) is 53.0 Å². The van der Waals surface area contributed by atoms with Gasteiger partial charge in [0.15, 0.2) is 5.82 Å². The van der Waals surface area contributed by atoms with Gasteiger partial charge in [0.2, 0.25) is 0 Å². The van der Waals surface area contributed by atoms with Crippen molar-refractivity contribution in [3.8, 4) is 11.4 Å². The first-order valence-electron chi connectivity index (χ1n) is 8.22. The summed E-state index contributed by atoms with van der Waals surface area (Å²) < 4.78 is 0. The van der Waals surface area contributed by atoms with E-state index in [1.165, 1.54) is 16.0 Å². The highest BCUT2D eigenvalue weighted by Gasteiger charge is 2.20. The van der Waals surface area contributed by atoms with Gasteiger partial charge in [-0.05, 0) is 25.8 Å². The molecular formula is C19H20N4S. The second-order valence-corrected chi connectivity index (χ2v) is 7.29. The second-order valence-electron chi connectivity index (χ2n) is 6.35. The molecule has 24 heavy (non-hydrogen) atoms. The quantitative estimate of drug-likeness (QED) is 0.730. The van der Waals surface area contributed by atoms with Crippen molar-refractivity contribution >= 4 is 11.3 Å². The topological polar surface area (TPSA) is 41.9 Å². The van der Waals surface area contributed by atoms with Gasteiger partial charge in [-0.1, -0.05) is 29.8 Å². The molecule has 122 valence electrons. The molecule has 3 heterocycles. The Balaban J connectivity index is 1.57. The third kappa shape index (κ3) is 3.09. The molecule has 0 unspecified atom stereocenters. The largest absolute Gasteiger partial charge is 0.292 e. The molecule has 3 aromatic rings. The molecule has 0 saturated carbocycles. The molecule has 4 rings (SSSR count). The van der Waals surface area contributed by atoms with Crippen molar-refractivity contribution in [3.63, 3.8) is 0 Å². The lowest BCUT2D eigenvalue weighted by atomic mass is 10.1. The zero-order chi connectivity index (χ0) is 16.5. The number of aromatic nitrogens is 3. The normalized spacial score (nSPS) is 14.6. The maximum Gasteiger partial charge on any atom is 0.159 e. The van der Waals surface area contributed by atoms with Gasteiger partial charge in [-0.2, -0.15) is 0 Å². The molecular weight excluding hydrogens is 316 g/mol. The number of fused-ring (bicyclic) bond motifs is 1. The smallest absolute Gasteiger partial charge is 0.159 e. The van der Waals surface area contributed by atoms with Crippen LogP contribution < -0.4 is 0 Å². The number of benzene rings is 1. The van der Waals surface area contributed by atoms with Crippen molar-refractivity contribution in [1.29, 1.82) is 0 Å². The lowest BCUT2D eigenvalue weighted by molar-refractivity contribution is 0.243. The van der Waals surface area contributed by atoms with Crippen LogP contribution in [0.25, 0.3) is 11.4 Å². The fourth-order valence-electron chi connectivity index (χ4n) is 3.01. The van der Waals surface area contributed by atoms with Gasteiger partial charge < -0.3 is 0 Å². The molecule has 1 aliphatic heterocycles. The van der Waals surface area contributed by atoms with Crippen LogP contribution >= 0.6 is 11.3 Å². The molecule has 0 N–H and O–H groups in total. The van der Waals surface area contributed by atoms with E-state index in [1.54, 1.807) is 11.3 Å². The highest BCUT2D eigenvalue weighted by Crippen LogP contribution is 2.23. The lowest BCUT2D eigenvalue weighted by Gasteiger charge is -2.27. The van der Waals surface area contributed by atoms with Gasteiger partial charge in [-0.25, -0.2) is 15.0 Å². The minimum atomic E-state index is 0.824. The first-order valence-corrected chi connectivity index (χ1v) is 9.10. The number of hydrogen-bond acceptors (Lipinski definition) is 5. The van der Waals surface area contributed by atoms with Gasteiger partial charge in [0.05, 0.1) is 16.9 Å². The average molecular weight is 336 g/mol. The van der Waals surface area contributed by atoms with E-state index in [1.807, 2.05) is 11.7 Å². The lowest BCUT2D eigenvalue weighted by Crippen LogP contribution is -2.31. The van der Waals surface area contributed by atoms with Gasteiger partial charge in [-0.3, -0.25) is 4.90 Å². The third-order valence-corrected chi connectivity index (χ3v) is 5.47. The summed E-state index contributed by atoms with van der Waals surface area (Å²) in [6.45, 7) is 7.07. The van der Waals surface area contributed by atoms with Crippen molar-refractivity contribution < 1.29 is 0 Å². The van der Waals surface area contributed by atoms with Gasteiger partial charge in [-0.15, -0.1) is 11.3 Å². The Bertz CT molecular complexity index is 854. The van der Waals surface area contributed by atoms with Crippen LogP contribution in [-0.4, -0.2) is 26.4 Å². The maximum atomic E-state index is 4.85. The van der Waals surface area contributed by atoms with Crippen molar-refractivity contribution in [2.45, 2.75) is 33.4 Å². The molecule has 0 bridgehead atoms. The molecule has 2 aromatic heterocycles. The molecule has 4 nitrogen and oxygen atoms in total. The standard InChI is InChI=1S/C19H20N4S/c1-13-3-5-15(6-4-13)19-20-9-16-7-8-23(10-17(16)22-19)11-18-14(2)21-12-24-18/h3-6,9,12H,7-8,10-11H2,1-2H3. The van der Waals surface area contributed by atoms with E-state index in [0.717, 1.165) is 48.8 Å². The summed E-state index contributed by atoms with van der Waals surface area (Å²) in [6.07, 6.45) is 3.02. The Morgan fingerprint density at radius 1 is 1.12 bits per heavy atom. The summed E-state index contributed by atoms with van der Waals surface area (Å²) in [4.78, 5) is 17.6. The first kappa shape index (κ1) is 15.4. The van der Waals surface area contributed by atoms with Crippen LogP contribution in [0.2, 0.25) is 0 Å². The maximum absolute atomic E-state index is 4.85. The van der Waals surface area contributed by atoms with Crippen LogP contribution in [0.5, 0.6) is 0 Å². The van der Waals surface area contributed by atoms with Crippen LogP contribution in [0.4, 0.5) is 0 Å². The van der Waals surface area contributed by atoms with Crippen molar-refractivity contribution in [2.75, 3.05) is 6.54 Å². The highest BCUT2D eigenvalue weighted by atomic mass is 32.1. The van der Waals surface area contributed by atoms with E-state index in [0.29, 0.717) is 0 Å². The molecule has 0 amide bonds. The molecule has 0 saturated heterocycles. The molecule has 0 aliphatic carbocycles. The highest BCUT2D eigenvalue weighted by molar-refractivity contribution is 7.09. The van der Waals surface area contributed by atoms with Gasteiger partial charge in [0.1, 0.15) is 0 Å². The minimum Gasteiger partial charge on any atom is -0.292 e. The Labute approximate surface area is 146 Å². The fraction of sp³-hybridized carbons (Fsp3) is 0.316. The summed E-state index contributed by atoms with van der Waals surface area (Å²) >= 11 is 1.74. The summed E-state index contributed by atoms with van der Waals surface area (Å²) in [5, 5.41) is 0. The molecule has 0 radical (unpaired) electrons. The van der Waals surface area contributed by atoms with Crippen LogP contribution in [-0.2, 0) is 19.5 Å². The predicted molar refractivity (Wildman–Crippen MR) is 96.9 cm³/mol. The monoisotopic (exact) mass is 336 g/mol. The summed E-state index contributed by atoms with van der Waals surface area (Å²) in [7, 11) is 0. The molecule has 1 aliphatic rings. The average Bonchev–Trinajstić information content (AvgIpc) is 3.00. The number of nitrogens with zero attached hydrogens (tertiary/aromatic N) is 4. The number of hydrogen-bond donors (Lipinski definition) is 0. The summed E-state index contributed by atoms with van der Waals surface area (Å²) in [6, 6.07) is 8.41. The Morgan fingerprint density at radius 3 is 2.71 bits per heavy atom. The Hall–Kier alpha value is -2.11. The SMILES string of the molecule is Cc1ccc(-c2ncc3c(n2)CN(Cc2scnc2C)CC3)cc1. The summed E-state index contributed by atoms with van der Waals surface area (Å²) in [5.41, 5.74) is 7.85. The molecule has 5 heteroatoms. The van der Waals surface area contributed by atoms with Crippen LogP contribution in [0, 0.1) is 13.8 Å². The Morgan fingerprint density at radius 2 is 1.96 bits per heavy atom. The van der Waals surface area contributed by atoms with Gasteiger partial charge >= 0.3 is 0 Å². The van der Waals surface area contributed by atoms with Crippen molar-refractivity contribution in [3.05, 3.63) is 63.4 Å². The number of aryl methyl sites for hydroxylation is 2. The summed E-state index contributed by atoms with van der Waals surface area (Å²) in [5.74, 6) is 0.824. The van der Waals surface area contributed by atoms with Gasteiger partial charge in [0, 0.05) is 36.3 Å². The van der Waals surface area contributed by atoms with Gasteiger partial charge in [0.25, 0.3) is 0 Å². The van der Waals surface area contributed by atoms with E-state index in [4.69, 9.17) is 4.98 Å². The second kappa shape index (κ2) is 6.42. The van der Waals surface area contributed by atoms with E-state index in [9.17, 15) is 0 Å². The van der Waals surface area contributed by atoms with E-state index >= 15 is 0 Å². The number of rotatable bonds is 3. The molecule has 0 fully saturated rings. The van der Waals surface area contributed by atoms with Crippen LogP contribution in [0.1, 0.15) is 27.4 Å². The molecule has 0 atom stereocenters. The van der Waals surface area contributed by atoms with E-state index in [-0.39, 0.29) is 0 Å². The zero-order valence-corrected chi connectivity index (χ0v) is 14.8. The first-order chi connectivity index (χ1) is 11.7. The zero-order valence-electron chi connectivity index (χ0n) is 14.0. The van der Waals surface area contributed by atoms with Crippen LogP contribution in [0.3, 0.4) is 0 Å². The molecule has 1 aromatic carbocycles. The third-order valence-electron chi connectivity index (χ3n) is 4.55. The Kier molecular flexibility index (Phi) is 4.12.